The first-order valence-electron chi connectivity index (χ1n) is 26.7. The fourth-order valence-corrected chi connectivity index (χ4v) is 3.46. The van der Waals surface area contributed by atoms with Gasteiger partial charge in [0.25, 0.3) is 5.82 Å². The molecule has 0 aliphatic carbocycles. The van der Waals surface area contributed by atoms with Crippen LogP contribution in [0.4, 0.5) is 0 Å². The second kappa shape index (κ2) is 62.2. The molecular weight excluding hydrogens is 1040 g/mol. The quantitative estimate of drug-likeness (QED) is 0.155. The first-order valence-corrected chi connectivity index (χ1v) is 26.7. The van der Waals surface area contributed by atoms with Crippen LogP contribution < -0.4 is 4.68 Å². The maximum absolute atomic E-state index is 4.04. The van der Waals surface area contributed by atoms with E-state index in [1.165, 1.54) is 22.2 Å². The van der Waals surface area contributed by atoms with E-state index in [4.69, 9.17) is 0 Å². The zero-order chi connectivity index (χ0) is 64.1. The number of nitrogens with zero attached hydrogens (tertiary/aromatic N) is 33. The summed E-state index contributed by atoms with van der Waals surface area (Å²) in [4.78, 5) is 15.9. The van der Waals surface area contributed by atoms with Gasteiger partial charge in [0.2, 0.25) is 11.4 Å². The highest BCUT2D eigenvalue weighted by Gasteiger charge is 2.14. The molecule has 460 valence electrons. The number of hydrogen-bond donors (Lipinski definition) is 0. The van der Waals surface area contributed by atoms with Gasteiger partial charge in [0.15, 0.2) is 11.0 Å². The van der Waals surface area contributed by atoms with Gasteiger partial charge in [-0.25, -0.2) is 14.6 Å². The normalized spacial score (nSPS) is 9.81. The second-order valence-electron chi connectivity index (χ2n) is 13.3. The van der Waals surface area contributed by atoms with Crippen LogP contribution >= 0.6 is 0 Å². The van der Waals surface area contributed by atoms with E-state index in [-0.39, 0.29) is 6.17 Å². The van der Waals surface area contributed by atoms with Crippen molar-refractivity contribution < 1.29 is 9.38 Å². The Hall–Kier alpha value is -8.68. The lowest BCUT2D eigenvalue weighted by Gasteiger charge is -1.87. The van der Waals surface area contributed by atoms with Crippen LogP contribution in [0.15, 0.2) is 84.6 Å². The number of aromatic nitrogens is 29. The first kappa shape index (κ1) is 86.2. The summed E-state index contributed by atoms with van der Waals surface area (Å²) in [6, 6.07) is 0. The Bertz CT molecular complexity index is 2300. The molecule has 0 amide bonds. The van der Waals surface area contributed by atoms with Crippen LogP contribution in [0, 0.1) is 34.6 Å². The Morgan fingerprint density at radius 1 is 0.481 bits per heavy atom. The van der Waals surface area contributed by atoms with Crippen LogP contribution in [-0.2, 0) is 70.5 Å². The van der Waals surface area contributed by atoms with Gasteiger partial charge < -0.3 is 4.57 Å². The number of hydrogen-bond acceptors (Lipinski definition) is 22. The van der Waals surface area contributed by atoms with Crippen molar-refractivity contribution in [1.82, 2.24) is 139 Å². The molecule has 0 aromatic carbocycles. The van der Waals surface area contributed by atoms with Gasteiger partial charge in [0.1, 0.15) is 50.8 Å². The fourth-order valence-electron chi connectivity index (χ4n) is 3.46. The minimum atomic E-state index is 0.139. The summed E-state index contributed by atoms with van der Waals surface area (Å²) in [7, 11) is 20.3. The standard InChI is InChI=1S/C5H10N3.C5H9N3.C3H7N4.2C3H6N4.5C3H5N3.7C2H6/c1-5-6-4-7(2)8(5)3;1-4-5(2)7-8(3)6-4;2*1-3-4-5-6-7(3)2;1-3-4-6-7(2)5-3;1-6-2-4-5-3-6;2*1-6-3-4-2-5-6;1-6-3-2-4-5-6;1-6-4-2-3-5-6;7*1-2/h4H,1-3H3;1-3H3;3H,1-2H3;2*1-2H3;5*2-3H,1H3;7*1-2H3/q+1;;+1;;;;;;;;;;;;;;. The van der Waals surface area contributed by atoms with Gasteiger partial charge in [0.05, 0.1) is 51.1 Å². The van der Waals surface area contributed by atoms with E-state index in [1.54, 1.807) is 117 Å². The van der Waals surface area contributed by atoms with Crippen LogP contribution in [0.5, 0.6) is 0 Å². The molecule has 0 spiro atoms. The molecule has 1 atom stereocenters. The third-order valence-corrected chi connectivity index (χ3v) is 7.53. The summed E-state index contributed by atoms with van der Waals surface area (Å²) in [5, 5.41) is 69.4. The highest BCUT2D eigenvalue weighted by Crippen LogP contribution is 1.99. The minimum Gasteiger partial charge on any atom is -0.323 e. The van der Waals surface area contributed by atoms with E-state index in [0.717, 1.165) is 23.0 Å². The predicted octanol–water partition coefficient (Wildman–Crippen LogP) is 6.09. The second-order valence-corrected chi connectivity index (χ2v) is 13.3. The summed E-state index contributed by atoms with van der Waals surface area (Å²) < 4.78 is 13.9. The Labute approximate surface area is 483 Å². The van der Waals surface area contributed by atoms with Gasteiger partial charge in [-0.3, -0.25) is 14.0 Å². The van der Waals surface area contributed by atoms with Gasteiger partial charge in [-0.2, -0.15) is 54.3 Å². The molecule has 1 aliphatic rings. The van der Waals surface area contributed by atoms with Crippen molar-refractivity contribution in [3.63, 3.8) is 0 Å². The number of aryl methyl sites for hydroxylation is 14. The van der Waals surface area contributed by atoms with Crippen LogP contribution in [-0.4, -0.2) is 157 Å². The Balaban J connectivity index is -0.000000147. The monoisotopic (exact) mass is 1140 g/mol. The lowest BCUT2D eigenvalue weighted by Crippen LogP contribution is -2.36. The highest BCUT2D eigenvalue weighted by molar-refractivity contribution is 5.02. The van der Waals surface area contributed by atoms with E-state index in [2.05, 4.69) is 113 Å². The largest absolute Gasteiger partial charge is 0.323 e. The average Bonchev–Trinajstić information content (AvgIpc) is 4.33. The first-order chi connectivity index (χ1) is 38.8. The topological polar surface area (TPSA) is 333 Å². The third kappa shape index (κ3) is 53.1. The predicted molar refractivity (Wildman–Crippen MR) is 314 cm³/mol. The molecule has 0 N–H and O–H groups in total. The van der Waals surface area contributed by atoms with Crippen molar-refractivity contribution in [3.8, 4) is 0 Å². The van der Waals surface area contributed by atoms with Gasteiger partial charge in [-0.05, 0) is 48.3 Å². The molecule has 9 aromatic heterocycles. The summed E-state index contributed by atoms with van der Waals surface area (Å²) in [6.45, 7) is 39.4. The van der Waals surface area contributed by atoms with Crippen LogP contribution in [0.25, 0.3) is 0 Å². The molecule has 0 bridgehead atoms. The van der Waals surface area contributed by atoms with Gasteiger partial charge in [-0.15, -0.1) is 35.3 Å². The van der Waals surface area contributed by atoms with Crippen molar-refractivity contribution in [2.45, 2.75) is 145 Å². The van der Waals surface area contributed by atoms with Gasteiger partial charge >= 0.3 is 6.33 Å². The van der Waals surface area contributed by atoms with Crippen molar-refractivity contribution in [2.24, 2.45) is 86.0 Å². The number of rotatable bonds is 0. The zero-order valence-electron chi connectivity index (χ0n) is 55.2. The lowest BCUT2D eigenvalue weighted by molar-refractivity contribution is -0.752. The van der Waals surface area contributed by atoms with Crippen molar-refractivity contribution >= 4 is 0 Å². The zero-order valence-corrected chi connectivity index (χ0v) is 55.2. The molecule has 1 aliphatic heterocycles. The van der Waals surface area contributed by atoms with Crippen LogP contribution in [0.3, 0.4) is 0 Å². The van der Waals surface area contributed by atoms with Crippen molar-refractivity contribution in [3.05, 3.63) is 97.9 Å². The van der Waals surface area contributed by atoms with Crippen LogP contribution in [0.2, 0.25) is 0 Å². The highest BCUT2D eigenvalue weighted by atomic mass is 15.6. The Kier molecular flexibility index (Phi) is 66.2. The van der Waals surface area contributed by atoms with E-state index in [1.807, 2.05) is 197 Å². The Morgan fingerprint density at radius 3 is 1.07 bits per heavy atom. The minimum absolute atomic E-state index is 0.139. The molecule has 1 unspecified atom stereocenters. The Morgan fingerprint density at radius 2 is 0.963 bits per heavy atom. The SMILES string of the molecule is CC.CC.CC.CC.CC.CC.CC.CC1N=NN=[N+]1C.Cc1nc[n+](C)n1C.Cc1nn(C)nc1C.Cc1nnn(C)n1.Cc1nnnn1C.Cn1ccnn1.Cn1cncn1.Cn1cncn1.Cn1cnnc1.Cn1nccn1. The molecule has 10 rings (SSSR count). The molecule has 33 nitrogen and oxygen atoms in total. The van der Waals surface area contributed by atoms with Crippen LogP contribution in [0.1, 0.15) is 133 Å². The van der Waals surface area contributed by atoms with E-state index >= 15 is 0 Å². The number of tetrazole rings is 2. The lowest BCUT2D eigenvalue weighted by atomic mass is 10.4. The van der Waals surface area contributed by atoms with Gasteiger partial charge in [-0.1, -0.05) is 102 Å². The molecule has 0 fully saturated rings. The summed E-state index contributed by atoms with van der Waals surface area (Å²) in [6.07, 6.45) is 18.2. The maximum Gasteiger partial charge on any atom is 0.306 e. The summed E-state index contributed by atoms with van der Waals surface area (Å²) in [5.41, 5.74) is 2.01. The summed E-state index contributed by atoms with van der Waals surface area (Å²) in [5.74, 6) is 2.58. The molecule has 0 radical (unpaired) electrons. The molecule has 0 saturated carbocycles. The van der Waals surface area contributed by atoms with Crippen molar-refractivity contribution in [2.75, 3.05) is 7.05 Å². The van der Waals surface area contributed by atoms with E-state index in [0.29, 0.717) is 5.82 Å². The smallest absolute Gasteiger partial charge is 0.306 e. The molecule has 81 heavy (non-hydrogen) atoms. The average molecular weight is 1140 g/mol. The molecule has 0 saturated heterocycles. The molecule has 33 heteroatoms. The molecular formula is C48H105N33+2. The maximum atomic E-state index is 4.04. The summed E-state index contributed by atoms with van der Waals surface area (Å²) >= 11 is 0. The van der Waals surface area contributed by atoms with Crippen molar-refractivity contribution in [1.29, 1.82) is 0 Å². The fraction of sp³-hybridized carbons (Fsp3) is 0.667. The molecule has 10 heterocycles. The van der Waals surface area contributed by atoms with E-state index in [9.17, 15) is 0 Å². The molecule has 9 aromatic rings. The van der Waals surface area contributed by atoms with E-state index < -0.39 is 0 Å². The third-order valence-electron chi connectivity index (χ3n) is 7.53. The van der Waals surface area contributed by atoms with Gasteiger partial charge in [0, 0.05) is 74.5 Å².